The number of aromatic amines is 1. The first-order chi connectivity index (χ1) is 10.9. The molecular formula is C16H14F2N4O. The number of fused-ring (bicyclic) bond motifs is 1. The number of ether oxygens (including phenoxy) is 1. The van der Waals surface area contributed by atoms with E-state index in [2.05, 4.69) is 10.2 Å². The number of H-pyrrole nitrogens is 1. The van der Waals surface area contributed by atoms with Gasteiger partial charge in [-0.05, 0) is 24.1 Å². The zero-order valence-corrected chi connectivity index (χ0v) is 12.5. The lowest BCUT2D eigenvalue weighted by Gasteiger charge is -2.25. The van der Waals surface area contributed by atoms with Gasteiger partial charge in [0.2, 0.25) is 11.8 Å². The third-order valence-electron chi connectivity index (χ3n) is 3.81. The highest BCUT2D eigenvalue weighted by molar-refractivity contribution is 5.55. The van der Waals surface area contributed by atoms with Crippen molar-refractivity contribution >= 4 is 0 Å². The molecule has 0 amide bonds. The zero-order valence-electron chi connectivity index (χ0n) is 12.5. The molecule has 1 aromatic carbocycles. The number of rotatable bonds is 2. The average molecular weight is 316 g/mol. The number of benzene rings is 1. The highest BCUT2D eigenvalue weighted by Gasteiger charge is 2.37. The fourth-order valence-electron chi connectivity index (χ4n) is 2.76. The predicted molar refractivity (Wildman–Crippen MR) is 78.3 cm³/mol. The van der Waals surface area contributed by atoms with Crippen LogP contribution >= 0.6 is 0 Å². The fourth-order valence-corrected chi connectivity index (χ4v) is 2.76. The first kappa shape index (κ1) is 15.0. The van der Waals surface area contributed by atoms with Gasteiger partial charge in [0.15, 0.2) is 0 Å². The topological polar surface area (TPSA) is 87.7 Å². The number of nitrogens with two attached hydrogens (primary N) is 1. The van der Waals surface area contributed by atoms with E-state index in [4.69, 9.17) is 10.5 Å². The number of halogens is 2. The van der Waals surface area contributed by atoms with Crippen LogP contribution in [-0.4, -0.2) is 10.2 Å². The molecule has 1 atom stereocenters. The van der Waals surface area contributed by atoms with E-state index in [1.807, 2.05) is 19.9 Å². The number of nitrogens with zero attached hydrogens (tertiary/aromatic N) is 2. The van der Waals surface area contributed by atoms with Crippen LogP contribution in [0.4, 0.5) is 8.78 Å². The van der Waals surface area contributed by atoms with Gasteiger partial charge < -0.3 is 10.5 Å². The van der Waals surface area contributed by atoms with Gasteiger partial charge >= 0.3 is 0 Å². The lowest BCUT2D eigenvalue weighted by atomic mass is 9.82. The minimum atomic E-state index is -0.865. The molecule has 5 nitrogen and oxygen atoms in total. The molecule has 0 saturated heterocycles. The molecule has 7 heteroatoms. The molecule has 0 radical (unpaired) electrons. The van der Waals surface area contributed by atoms with Crippen LogP contribution in [0.1, 0.15) is 42.5 Å². The number of nitrogens with one attached hydrogen (secondary N) is 1. The van der Waals surface area contributed by atoms with E-state index in [9.17, 15) is 14.0 Å². The SMILES string of the molecule is CC(C)c1[nH]nc2c1C(c1cc(F)ccc1F)C(C#N)=C(N)O2. The van der Waals surface area contributed by atoms with Crippen LogP contribution in [0, 0.1) is 23.0 Å². The van der Waals surface area contributed by atoms with Crippen LogP contribution in [0.25, 0.3) is 0 Å². The van der Waals surface area contributed by atoms with Gasteiger partial charge in [0.1, 0.15) is 23.3 Å². The smallest absolute Gasteiger partial charge is 0.244 e. The second-order valence-corrected chi connectivity index (χ2v) is 5.60. The van der Waals surface area contributed by atoms with Gasteiger partial charge in [-0.25, -0.2) is 8.78 Å². The van der Waals surface area contributed by atoms with E-state index in [-0.39, 0.29) is 28.8 Å². The van der Waals surface area contributed by atoms with Gasteiger partial charge in [0.05, 0.1) is 11.5 Å². The monoisotopic (exact) mass is 316 g/mol. The largest absolute Gasteiger partial charge is 0.420 e. The molecule has 3 N–H and O–H groups in total. The Balaban J connectivity index is 2.31. The molecule has 23 heavy (non-hydrogen) atoms. The van der Waals surface area contributed by atoms with Crippen molar-refractivity contribution in [3.8, 4) is 11.9 Å². The number of aromatic nitrogens is 2. The standard InChI is InChI=1S/C16H14F2N4O/c1-7(2)14-13-12(9-5-8(17)3-4-11(9)18)10(6-19)15(20)23-16(13)22-21-14/h3-5,7,12H,20H2,1-2H3,(H,21,22). The van der Waals surface area contributed by atoms with Crippen LogP contribution < -0.4 is 10.5 Å². The normalized spacial score (nSPS) is 17.0. The minimum absolute atomic E-state index is 0.0215. The molecule has 0 fully saturated rings. The van der Waals surface area contributed by atoms with Crippen molar-refractivity contribution < 1.29 is 13.5 Å². The van der Waals surface area contributed by atoms with Crippen molar-refractivity contribution in [1.82, 2.24) is 10.2 Å². The van der Waals surface area contributed by atoms with Gasteiger partial charge in [-0.3, -0.25) is 5.10 Å². The van der Waals surface area contributed by atoms with Crippen molar-refractivity contribution in [3.63, 3.8) is 0 Å². The van der Waals surface area contributed by atoms with E-state index in [1.54, 1.807) is 0 Å². The molecule has 0 bridgehead atoms. The van der Waals surface area contributed by atoms with E-state index < -0.39 is 17.6 Å². The number of hydrogen-bond acceptors (Lipinski definition) is 4. The van der Waals surface area contributed by atoms with Gasteiger partial charge in [-0.2, -0.15) is 5.26 Å². The lowest BCUT2D eigenvalue weighted by Crippen LogP contribution is -2.22. The molecule has 0 saturated carbocycles. The highest BCUT2D eigenvalue weighted by atomic mass is 19.1. The molecule has 2 aromatic rings. The van der Waals surface area contributed by atoms with Crippen molar-refractivity contribution in [2.45, 2.75) is 25.7 Å². The van der Waals surface area contributed by atoms with E-state index >= 15 is 0 Å². The predicted octanol–water partition coefficient (Wildman–Crippen LogP) is 3.03. The highest BCUT2D eigenvalue weighted by Crippen LogP contribution is 2.45. The molecule has 2 heterocycles. The zero-order chi connectivity index (χ0) is 16.7. The van der Waals surface area contributed by atoms with E-state index in [0.29, 0.717) is 11.3 Å². The summed E-state index contributed by atoms with van der Waals surface area (Å²) in [5.74, 6) is -2.04. The van der Waals surface area contributed by atoms with E-state index in [0.717, 1.165) is 18.2 Å². The fraction of sp³-hybridized carbons (Fsp3) is 0.250. The van der Waals surface area contributed by atoms with E-state index in [1.165, 1.54) is 0 Å². The summed E-state index contributed by atoms with van der Waals surface area (Å²) >= 11 is 0. The van der Waals surface area contributed by atoms with Gasteiger partial charge in [-0.1, -0.05) is 13.8 Å². The Labute approximate surface area is 131 Å². The maximum absolute atomic E-state index is 14.3. The lowest BCUT2D eigenvalue weighted by molar-refractivity contribution is 0.377. The summed E-state index contributed by atoms with van der Waals surface area (Å²) in [7, 11) is 0. The Morgan fingerprint density at radius 2 is 2.13 bits per heavy atom. The summed E-state index contributed by atoms with van der Waals surface area (Å²) in [5, 5.41) is 16.3. The van der Waals surface area contributed by atoms with Crippen molar-refractivity contribution in [3.05, 3.63) is 58.1 Å². The summed E-state index contributed by atoms with van der Waals surface area (Å²) in [5.41, 5.74) is 7.03. The summed E-state index contributed by atoms with van der Waals surface area (Å²) in [4.78, 5) is 0. The molecule has 0 spiro atoms. The van der Waals surface area contributed by atoms with Crippen molar-refractivity contribution in [2.75, 3.05) is 0 Å². The average Bonchev–Trinajstić information content (AvgIpc) is 2.92. The molecule has 1 aromatic heterocycles. The molecular weight excluding hydrogens is 302 g/mol. The summed E-state index contributed by atoms with van der Waals surface area (Å²) in [6.45, 7) is 3.83. The molecule has 3 rings (SSSR count). The Morgan fingerprint density at radius 3 is 2.78 bits per heavy atom. The molecule has 1 aliphatic rings. The summed E-state index contributed by atoms with van der Waals surface area (Å²) in [6, 6.07) is 5.06. The van der Waals surface area contributed by atoms with Gasteiger partial charge in [-0.15, -0.1) is 5.10 Å². The minimum Gasteiger partial charge on any atom is -0.420 e. The maximum Gasteiger partial charge on any atom is 0.244 e. The number of allylic oxidation sites excluding steroid dienone is 1. The number of nitriles is 1. The Bertz CT molecular complexity index is 848. The Morgan fingerprint density at radius 1 is 1.39 bits per heavy atom. The van der Waals surface area contributed by atoms with Crippen LogP contribution in [-0.2, 0) is 0 Å². The Kier molecular flexibility index (Phi) is 3.52. The van der Waals surface area contributed by atoms with Gasteiger partial charge in [0.25, 0.3) is 0 Å². The molecule has 0 aliphatic carbocycles. The Hall–Kier alpha value is -2.88. The third-order valence-corrected chi connectivity index (χ3v) is 3.81. The van der Waals surface area contributed by atoms with Crippen LogP contribution in [0.2, 0.25) is 0 Å². The quantitative estimate of drug-likeness (QED) is 0.891. The van der Waals surface area contributed by atoms with Crippen LogP contribution in [0.5, 0.6) is 5.88 Å². The molecule has 1 unspecified atom stereocenters. The molecule has 1 aliphatic heterocycles. The first-order valence-electron chi connectivity index (χ1n) is 7.04. The second-order valence-electron chi connectivity index (χ2n) is 5.60. The van der Waals surface area contributed by atoms with Crippen molar-refractivity contribution in [2.24, 2.45) is 5.73 Å². The van der Waals surface area contributed by atoms with Crippen LogP contribution in [0.3, 0.4) is 0 Å². The van der Waals surface area contributed by atoms with Crippen molar-refractivity contribution in [1.29, 1.82) is 5.26 Å². The first-order valence-corrected chi connectivity index (χ1v) is 7.04. The third kappa shape index (κ3) is 2.32. The second kappa shape index (κ2) is 5.39. The summed E-state index contributed by atoms with van der Waals surface area (Å²) in [6.07, 6.45) is 0. The maximum atomic E-state index is 14.3. The molecule has 118 valence electrons. The van der Waals surface area contributed by atoms with Crippen LogP contribution in [0.15, 0.2) is 29.7 Å². The number of hydrogen-bond donors (Lipinski definition) is 2. The van der Waals surface area contributed by atoms with Gasteiger partial charge in [0, 0.05) is 11.3 Å². The summed E-state index contributed by atoms with van der Waals surface area (Å²) < 4.78 is 33.3.